The number of aryl methyl sites for hydroxylation is 1. The van der Waals surface area contributed by atoms with Crippen molar-refractivity contribution >= 4 is 25.8 Å². The van der Waals surface area contributed by atoms with E-state index in [1.165, 1.54) is 31.3 Å². The number of nitrogens with zero attached hydrogens (tertiary/aromatic N) is 1. The molecule has 0 saturated heterocycles. The molecule has 0 saturated carbocycles. The Hall–Kier alpha value is -2.23. The van der Waals surface area contributed by atoms with Gasteiger partial charge < -0.3 is 5.32 Å². The molecule has 2 aromatic rings. The number of sulfonamides is 1. The van der Waals surface area contributed by atoms with Gasteiger partial charge in [0, 0.05) is 13.3 Å². The molecule has 7 nitrogen and oxygen atoms in total. The zero-order chi connectivity index (χ0) is 21.1. The Morgan fingerprint density at radius 2 is 1.46 bits per heavy atom. The summed E-state index contributed by atoms with van der Waals surface area (Å²) in [5.41, 5.74) is 1.65. The summed E-state index contributed by atoms with van der Waals surface area (Å²) >= 11 is 0. The minimum absolute atomic E-state index is 0.123. The standard InChI is InChI=1S/C19H24N2O5S2/c1-14-5-9-18(10-6-14)28(25,26)21(3)13-19(22)20-15(2)16-7-11-17(12-8-16)27(4,23)24/h5-12,15H,13H2,1-4H3,(H,20,22)/t15-/m1/s1. The van der Waals surface area contributed by atoms with E-state index in [4.69, 9.17) is 0 Å². The van der Waals surface area contributed by atoms with Crippen LogP contribution in [0.25, 0.3) is 0 Å². The molecule has 9 heteroatoms. The van der Waals surface area contributed by atoms with Crippen molar-refractivity contribution in [2.75, 3.05) is 19.8 Å². The summed E-state index contributed by atoms with van der Waals surface area (Å²) in [6, 6.07) is 12.2. The van der Waals surface area contributed by atoms with Gasteiger partial charge in [-0.2, -0.15) is 4.31 Å². The molecule has 0 aliphatic heterocycles. The van der Waals surface area contributed by atoms with Crippen LogP contribution in [0, 0.1) is 6.92 Å². The van der Waals surface area contributed by atoms with Crippen LogP contribution in [0.3, 0.4) is 0 Å². The molecule has 0 spiro atoms. The molecule has 2 rings (SSSR count). The maximum absolute atomic E-state index is 12.6. The fourth-order valence-corrected chi connectivity index (χ4v) is 4.31. The number of carbonyl (C=O) groups is 1. The first-order valence-electron chi connectivity index (χ1n) is 8.53. The molecule has 152 valence electrons. The van der Waals surface area contributed by atoms with Crippen molar-refractivity contribution in [2.24, 2.45) is 0 Å². The van der Waals surface area contributed by atoms with Crippen molar-refractivity contribution in [3.63, 3.8) is 0 Å². The van der Waals surface area contributed by atoms with E-state index in [0.29, 0.717) is 5.56 Å². The molecule has 28 heavy (non-hydrogen) atoms. The molecular weight excluding hydrogens is 400 g/mol. The predicted molar refractivity (Wildman–Crippen MR) is 107 cm³/mol. The number of amides is 1. The molecule has 0 heterocycles. The SMILES string of the molecule is Cc1ccc(S(=O)(=O)N(C)CC(=O)N[C@H](C)c2ccc(S(C)(=O)=O)cc2)cc1. The van der Waals surface area contributed by atoms with Gasteiger partial charge in [0.05, 0.1) is 22.4 Å². The maximum atomic E-state index is 12.6. The first kappa shape index (κ1) is 22.1. The van der Waals surface area contributed by atoms with Crippen molar-refractivity contribution in [2.45, 2.75) is 29.7 Å². The number of hydrogen-bond acceptors (Lipinski definition) is 5. The summed E-state index contributed by atoms with van der Waals surface area (Å²) in [7, 11) is -5.71. The van der Waals surface area contributed by atoms with Gasteiger partial charge in [-0.25, -0.2) is 16.8 Å². The second-order valence-corrected chi connectivity index (χ2v) is 10.8. The van der Waals surface area contributed by atoms with E-state index in [1.807, 2.05) is 6.92 Å². The van der Waals surface area contributed by atoms with E-state index in [1.54, 1.807) is 31.2 Å². The lowest BCUT2D eigenvalue weighted by atomic mass is 10.1. The van der Waals surface area contributed by atoms with Crippen LogP contribution in [-0.4, -0.2) is 46.9 Å². The van der Waals surface area contributed by atoms with Gasteiger partial charge in [0.15, 0.2) is 9.84 Å². The van der Waals surface area contributed by atoms with Crippen molar-refractivity contribution in [3.05, 3.63) is 59.7 Å². The Labute approximate surface area is 166 Å². The molecule has 0 aliphatic carbocycles. The molecule has 1 N–H and O–H groups in total. The second-order valence-electron chi connectivity index (χ2n) is 6.70. The van der Waals surface area contributed by atoms with E-state index < -0.39 is 31.8 Å². The molecule has 0 fully saturated rings. The highest BCUT2D eigenvalue weighted by Crippen LogP contribution is 2.17. The first-order chi connectivity index (χ1) is 12.9. The monoisotopic (exact) mass is 424 g/mol. The Bertz CT molecular complexity index is 1040. The zero-order valence-electron chi connectivity index (χ0n) is 16.2. The quantitative estimate of drug-likeness (QED) is 0.732. The summed E-state index contributed by atoms with van der Waals surface area (Å²) in [5, 5.41) is 2.72. The van der Waals surface area contributed by atoms with Crippen LogP contribution in [0.15, 0.2) is 58.3 Å². The summed E-state index contributed by atoms with van der Waals surface area (Å²) in [4.78, 5) is 12.6. The Kier molecular flexibility index (Phi) is 6.63. The lowest BCUT2D eigenvalue weighted by Gasteiger charge is -2.19. The number of sulfone groups is 1. The summed E-state index contributed by atoms with van der Waals surface area (Å²) < 4.78 is 49.1. The average molecular weight is 425 g/mol. The predicted octanol–water partition coefficient (Wildman–Crippen LogP) is 1.90. The molecule has 0 aromatic heterocycles. The Morgan fingerprint density at radius 3 is 1.96 bits per heavy atom. The molecule has 0 radical (unpaired) electrons. The van der Waals surface area contributed by atoms with Crippen LogP contribution in [0.2, 0.25) is 0 Å². The number of benzene rings is 2. The molecule has 0 bridgehead atoms. The van der Waals surface area contributed by atoms with Crippen LogP contribution in [-0.2, 0) is 24.7 Å². The average Bonchev–Trinajstić information content (AvgIpc) is 2.61. The number of likely N-dealkylation sites (N-methyl/N-ethyl adjacent to an activating group) is 1. The normalized spacial score (nSPS) is 13.3. The number of carbonyl (C=O) groups excluding carboxylic acids is 1. The van der Waals surface area contributed by atoms with Crippen LogP contribution < -0.4 is 5.32 Å². The van der Waals surface area contributed by atoms with Gasteiger partial charge in [-0.3, -0.25) is 4.79 Å². The van der Waals surface area contributed by atoms with Gasteiger partial charge in [-0.15, -0.1) is 0 Å². The van der Waals surface area contributed by atoms with Crippen LogP contribution >= 0.6 is 0 Å². The van der Waals surface area contributed by atoms with E-state index in [9.17, 15) is 21.6 Å². The van der Waals surface area contributed by atoms with Gasteiger partial charge >= 0.3 is 0 Å². The van der Waals surface area contributed by atoms with Gasteiger partial charge in [-0.05, 0) is 43.7 Å². The molecule has 2 aromatic carbocycles. The fourth-order valence-electron chi connectivity index (χ4n) is 2.55. The third-order valence-corrected chi connectivity index (χ3v) is 7.23. The molecule has 1 amide bonds. The summed E-state index contributed by atoms with van der Waals surface area (Å²) in [6.45, 7) is 3.27. The number of rotatable bonds is 7. The van der Waals surface area contributed by atoms with Gasteiger partial charge in [0.25, 0.3) is 0 Å². The Morgan fingerprint density at radius 1 is 0.964 bits per heavy atom. The topological polar surface area (TPSA) is 101 Å². The summed E-state index contributed by atoms with van der Waals surface area (Å²) in [5.74, 6) is -0.460. The van der Waals surface area contributed by atoms with Crippen molar-refractivity contribution in [3.8, 4) is 0 Å². The Balaban J connectivity index is 2.03. The maximum Gasteiger partial charge on any atom is 0.243 e. The van der Waals surface area contributed by atoms with Crippen LogP contribution in [0.5, 0.6) is 0 Å². The van der Waals surface area contributed by atoms with E-state index in [0.717, 1.165) is 16.1 Å². The zero-order valence-corrected chi connectivity index (χ0v) is 17.8. The fraction of sp³-hybridized carbons (Fsp3) is 0.316. The van der Waals surface area contributed by atoms with Crippen molar-refractivity contribution < 1.29 is 21.6 Å². The van der Waals surface area contributed by atoms with Crippen LogP contribution in [0.1, 0.15) is 24.1 Å². The minimum Gasteiger partial charge on any atom is -0.348 e. The highest BCUT2D eigenvalue weighted by atomic mass is 32.2. The smallest absolute Gasteiger partial charge is 0.243 e. The minimum atomic E-state index is -3.77. The molecule has 0 unspecified atom stereocenters. The third-order valence-electron chi connectivity index (χ3n) is 4.28. The highest BCUT2D eigenvalue weighted by molar-refractivity contribution is 7.90. The van der Waals surface area contributed by atoms with Crippen LogP contribution in [0.4, 0.5) is 0 Å². The first-order valence-corrected chi connectivity index (χ1v) is 11.9. The summed E-state index contributed by atoms with van der Waals surface area (Å²) in [6.07, 6.45) is 1.12. The molecule has 0 aliphatic rings. The molecular formula is C19H24N2O5S2. The van der Waals surface area contributed by atoms with Crippen molar-refractivity contribution in [1.29, 1.82) is 0 Å². The van der Waals surface area contributed by atoms with Gasteiger partial charge in [-0.1, -0.05) is 29.8 Å². The van der Waals surface area contributed by atoms with E-state index in [2.05, 4.69) is 5.32 Å². The van der Waals surface area contributed by atoms with Gasteiger partial charge in [0.2, 0.25) is 15.9 Å². The number of hydrogen-bond donors (Lipinski definition) is 1. The molecule has 1 atom stereocenters. The highest BCUT2D eigenvalue weighted by Gasteiger charge is 2.23. The lowest BCUT2D eigenvalue weighted by molar-refractivity contribution is -0.121. The van der Waals surface area contributed by atoms with Crippen molar-refractivity contribution in [1.82, 2.24) is 9.62 Å². The second kappa shape index (κ2) is 8.42. The van der Waals surface area contributed by atoms with E-state index in [-0.39, 0.29) is 16.3 Å². The van der Waals surface area contributed by atoms with E-state index >= 15 is 0 Å². The number of nitrogens with one attached hydrogen (secondary N) is 1. The lowest BCUT2D eigenvalue weighted by Crippen LogP contribution is -2.39. The third kappa shape index (κ3) is 5.40. The largest absolute Gasteiger partial charge is 0.348 e. The van der Waals surface area contributed by atoms with Gasteiger partial charge in [0.1, 0.15) is 0 Å².